The minimum Gasteiger partial charge on any atom is -0.394 e. The van der Waals surface area contributed by atoms with Crippen molar-refractivity contribution in [2.75, 3.05) is 19.7 Å². The molecule has 1 fully saturated rings. The van der Waals surface area contributed by atoms with Gasteiger partial charge in [0.15, 0.2) is 15.5 Å². The number of hydrogen-bond donors (Lipinski definition) is 3. The van der Waals surface area contributed by atoms with E-state index in [0.29, 0.717) is 24.0 Å². The average molecular weight is 548 g/mol. The van der Waals surface area contributed by atoms with E-state index in [1.54, 1.807) is 6.07 Å². The van der Waals surface area contributed by atoms with Gasteiger partial charge in [0.2, 0.25) is 0 Å². The fourth-order valence-corrected chi connectivity index (χ4v) is 7.40. The Morgan fingerprint density at radius 2 is 2.05 bits per heavy atom. The van der Waals surface area contributed by atoms with Crippen molar-refractivity contribution in [3.8, 4) is 6.07 Å². The predicted molar refractivity (Wildman–Crippen MR) is 133 cm³/mol. The number of aryl methyl sites for hydroxylation is 1. The minimum absolute atomic E-state index is 0.0112. The number of aromatic nitrogens is 2. The first-order valence-electron chi connectivity index (χ1n) is 12.1. The van der Waals surface area contributed by atoms with E-state index in [0.717, 1.165) is 6.07 Å². The number of aliphatic hydroxyl groups is 2. The number of nitriles is 1. The van der Waals surface area contributed by atoms with Crippen molar-refractivity contribution in [1.82, 2.24) is 20.0 Å². The Morgan fingerprint density at radius 1 is 1.37 bits per heavy atom. The molecule has 0 bridgehead atoms. The smallest absolute Gasteiger partial charge is 0.272 e. The van der Waals surface area contributed by atoms with Crippen LogP contribution in [-0.2, 0) is 29.9 Å². The molecule has 2 heterocycles. The summed E-state index contributed by atoms with van der Waals surface area (Å²) in [4.78, 5) is 27.7. The maximum absolute atomic E-state index is 13.9. The number of halogens is 1. The topological polar surface area (TPSA) is 166 Å². The largest absolute Gasteiger partial charge is 0.394 e. The average Bonchev–Trinajstić information content (AvgIpc) is 3.59. The number of nitrogens with zero attached hydrogens (tertiary/aromatic N) is 4. The van der Waals surface area contributed by atoms with Crippen molar-refractivity contribution in [1.29, 1.82) is 5.26 Å². The number of fused-ring (bicyclic) bond motifs is 1. The van der Waals surface area contributed by atoms with Gasteiger partial charge in [-0.2, -0.15) is 10.4 Å². The van der Waals surface area contributed by atoms with Crippen molar-refractivity contribution in [2.45, 2.75) is 55.3 Å². The van der Waals surface area contributed by atoms with Crippen LogP contribution in [0.2, 0.25) is 0 Å². The second kappa shape index (κ2) is 9.76. The van der Waals surface area contributed by atoms with Crippen molar-refractivity contribution in [3.63, 3.8) is 0 Å². The number of nitrogens with one attached hydrogen (secondary N) is 1. The summed E-state index contributed by atoms with van der Waals surface area (Å²) in [7, 11) is -2.41. The van der Waals surface area contributed by atoms with Gasteiger partial charge in [0.1, 0.15) is 17.6 Å². The normalized spacial score (nSPS) is 17.5. The van der Waals surface area contributed by atoms with Gasteiger partial charge in [-0.1, -0.05) is 6.07 Å². The van der Waals surface area contributed by atoms with Gasteiger partial charge in [0.05, 0.1) is 27.8 Å². The van der Waals surface area contributed by atoms with Crippen molar-refractivity contribution in [3.05, 3.63) is 52.1 Å². The quantitative estimate of drug-likeness (QED) is 0.407. The maximum Gasteiger partial charge on any atom is 0.272 e. The van der Waals surface area contributed by atoms with Crippen LogP contribution in [0.5, 0.6) is 0 Å². The van der Waals surface area contributed by atoms with Gasteiger partial charge in [-0.05, 0) is 50.8 Å². The minimum atomic E-state index is -3.93. The molecule has 1 atom stereocenters. The van der Waals surface area contributed by atoms with Crippen LogP contribution in [0.15, 0.2) is 18.2 Å². The highest BCUT2D eigenvalue weighted by molar-refractivity contribution is 7.94. The monoisotopic (exact) mass is 547 g/mol. The molecule has 1 aliphatic heterocycles. The molecule has 2 aromatic rings. The number of hydrogen-bond acceptors (Lipinski definition) is 8. The molecule has 1 saturated carbocycles. The third-order valence-electron chi connectivity index (χ3n) is 7.61. The number of carbonyl (C=O) groups excluding carboxylic acids is 2. The third kappa shape index (κ3) is 4.46. The van der Waals surface area contributed by atoms with E-state index in [4.69, 9.17) is 5.26 Å². The van der Waals surface area contributed by atoms with E-state index in [1.165, 1.54) is 42.6 Å². The van der Waals surface area contributed by atoms with Gasteiger partial charge in [0, 0.05) is 32.2 Å². The molecule has 11 nitrogen and oxygen atoms in total. The van der Waals surface area contributed by atoms with Crippen LogP contribution in [0.1, 0.15) is 64.4 Å². The standard InChI is InChI=1S/C25H30FN5O6S/c1-24(2,19(33)13-32)38(36,37)25(7-8-25)14-31-9-6-17-20(29-30(3)21(17)23(31)35)22(34)28-12-15-4-5-16(11-27)18(26)10-15/h4-5,10,19,32-33H,6-9,12-14H2,1-3H3,(H,28,34). The fourth-order valence-electron chi connectivity index (χ4n) is 4.88. The first-order valence-corrected chi connectivity index (χ1v) is 13.6. The summed E-state index contributed by atoms with van der Waals surface area (Å²) in [6.07, 6.45) is -0.514. The molecule has 3 N–H and O–H groups in total. The molecule has 1 aliphatic carbocycles. The molecular formula is C25H30FN5O6S. The molecule has 4 rings (SSSR count). The van der Waals surface area contributed by atoms with E-state index >= 15 is 0 Å². The van der Waals surface area contributed by atoms with E-state index in [1.807, 2.05) is 0 Å². The second-order valence-corrected chi connectivity index (χ2v) is 13.3. The summed E-state index contributed by atoms with van der Waals surface area (Å²) in [5.41, 5.74) is 1.04. The third-order valence-corrected chi connectivity index (χ3v) is 10.9. The lowest BCUT2D eigenvalue weighted by Crippen LogP contribution is -2.55. The Kier molecular flexibility index (Phi) is 7.11. The molecular weight excluding hydrogens is 517 g/mol. The number of aliphatic hydroxyl groups excluding tert-OH is 2. The number of benzene rings is 1. The molecule has 2 amide bonds. The lowest BCUT2D eigenvalue weighted by molar-refractivity contribution is 0.0673. The summed E-state index contributed by atoms with van der Waals surface area (Å²) >= 11 is 0. The van der Waals surface area contributed by atoms with Crippen LogP contribution in [0.4, 0.5) is 4.39 Å². The van der Waals surface area contributed by atoms with Crippen LogP contribution >= 0.6 is 0 Å². The van der Waals surface area contributed by atoms with Crippen LogP contribution in [0.25, 0.3) is 0 Å². The van der Waals surface area contributed by atoms with Gasteiger partial charge >= 0.3 is 0 Å². The Morgan fingerprint density at radius 3 is 2.63 bits per heavy atom. The van der Waals surface area contributed by atoms with Crippen molar-refractivity contribution in [2.24, 2.45) is 7.05 Å². The number of carbonyl (C=O) groups is 2. The molecule has 2 aliphatic rings. The summed E-state index contributed by atoms with van der Waals surface area (Å²) < 4.78 is 39.3. The zero-order valence-corrected chi connectivity index (χ0v) is 22.2. The number of rotatable bonds is 9. The molecule has 1 unspecified atom stereocenters. The van der Waals surface area contributed by atoms with E-state index < -0.39 is 49.7 Å². The van der Waals surface area contributed by atoms with Gasteiger partial charge in [-0.3, -0.25) is 14.3 Å². The summed E-state index contributed by atoms with van der Waals surface area (Å²) in [5, 5.41) is 35.3. The van der Waals surface area contributed by atoms with Crippen LogP contribution < -0.4 is 5.32 Å². The number of sulfone groups is 1. The Labute approximate surface area is 219 Å². The van der Waals surface area contributed by atoms with Gasteiger partial charge in [-0.15, -0.1) is 0 Å². The Balaban J connectivity index is 1.50. The highest BCUT2D eigenvalue weighted by atomic mass is 32.2. The van der Waals surface area contributed by atoms with Crippen molar-refractivity contribution >= 4 is 21.7 Å². The highest BCUT2D eigenvalue weighted by Crippen LogP contribution is 2.50. The van der Waals surface area contributed by atoms with E-state index in [2.05, 4.69) is 10.4 Å². The molecule has 204 valence electrons. The molecule has 0 radical (unpaired) electrons. The first-order chi connectivity index (χ1) is 17.8. The Hall–Kier alpha value is -3.34. The molecule has 0 saturated heterocycles. The lowest BCUT2D eigenvalue weighted by atomic mass is 10.0. The summed E-state index contributed by atoms with van der Waals surface area (Å²) in [5.74, 6) is -1.69. The maximum atomic E-state index is 13.9. The Bertz CT molecular complexity index is 1440. The van der Waals surface area contributed by atoms with Gasteiger partial charge in [-0.25, -0.2) is 12.8 Å². The molecule has 13 heteroatoms. The van der Waals surface area contributed by atoms with E-state index in [-0.39, 0.29) is 43.0 Å². The first kappa shape index (κ1) is 27.7. The highest BCUT2D eigenvalue weighted by Gasteiger charge is 2.62. The van der Waals surface area contributed by atoms with Crippen LogP contribution in [-0.4, -0.2) is 80.4 Å². The van der Waals surface area contributed by atoms with Crippen LogP contribution in [0.3, 0.4) is 0 Å². The molecule has 1 aromatic carbocycles. The second-order valence-electron chi connectivity index (χ2n) is 10.4. The lowest BCUT2D eigenvalue weighted by Gasteiger charge is -2.36. The van der Waals surface area contributed by atoms with Crippen LogP contribution in [0, 0.1) is 17.1 Å². The molecule has 1 aromatic heterocycles. The zero-order valence-electron chi connectivity index (χ0n) is 21.4. The predicted octanol–water partition coefficient (Wildman–Crippen LogP) is 0.438. The van der Waals surface area contributed by atoms with Gasteiger partial charge in [0.25, 0.3) is 11.8 Å². The SMILES string of the molecule is Cn1nc(C(=O)NCc2ccc(C#N)c(F)c2)c2c1C(=O)N(CC1(S(=O)(=O)C(C)(C)C(O)CO)CC1)CC2. The van der Waals surface area contributed by atoms with Gasteiger partial charge < -0.3 is 20.4 Å². The zero-order chi connectivity index (χ0) is 28.0. The number of amides is 2. The summed E-state index contributed by atoms with van der Waals surface area (Å²) in [6.45, 7) is 2.15. The molecule has 0 spiro atoms. The fraction of sp³-hybridized carbons (Fsp3) is 0.520. The van der Waals surface area contributed by atoms with Crippen molar-refractivity contribution < 1.29 is 32.6 Å². The van der Waals surface area contributed by atoms with E-state index in [9.17, 15) is 32.6 Å². The molecule has 38 heavy (non-hydrogen) atoms. The summed E-state index contributed by atoms with van der Waals surface area (Å²) in [6, 6.07) is 5.75.